The van der Waals surface area contributed by atoms with Gasteiger partial charge in [0.15, 0.2) is 0 Å². The third kappa shape index (κ3) is 9.58. The van der Waals surface area contributed by atoms with Gasteiger partial charge in [0.1, 0.15) is 5.60 Å². The Morgan fingerprint density at radius 2 is 2.00 bits per heavy atom. The highest BCUT2D eigenvalue weighted by Gasteiger charge is 2.21. The quantitative estimate of drug-likeness (QED) is 0.385. The molecule has 1 aromatic rings. The van der Waals surface area contributed by atoms with Crippen LogP contribution in [0.5, 0.6) is 0 Å². The Bertz CT molecular complexity index is 915. The fourth-order valence-corrected chi connectivity index (χ4v) is 3.75. The monoisotopic (exact) mass is 458 g/mol. The van der Waals surface area contributed by atoms with Crippen LogP contribution >= 0.6 is 0 Å². The minimum atomic E-state index is -0.451. The Hall–Kier alpha value is -2.34. The minimum absolute atomic E-state index is 0.0898. The number of benzene rings is 1. The zero-order chi connectivity index (χ0) is 24.6. The maximum Gasteiger partial charge on any atom is 0.306 e. The molecule has 0 saturated heterocycles. The molecule has 1 N–H and O–H groups in total. The summed E-state index contributed by atoms with van der Waals surface area (Å²) in [4.78, 5) is 26.9. The number of amides is 1. The lowest BCUT2D eigenvalue weighted by molar-refractivity contribution is -0.155. The number of ether oxygens (including phenoxy) is 2. The van der Waals surface area contributed by atoms with E-state index in [9.17, 15) is 9.59 Å². The molecule has 1 aromatic carbocycles. The van der Waals surface area contributed by atoms with E-state index in [1.54, 1.807) is 0 Å². The van der Waals surface area contributed by atoms with E-state index in [1.807, 2.05) is 46.9 Å². The van der Waals surface area contributed by atoms with E-state index >= 15 is 0 Å². The van der Waals surface area contributed by atoms with Crippen LogP contribution in [0.3, 0.4) is 0 Å². The summed E-state index contributed by atoms with van der Waals surface area (Å²) in [6.45, 7) is 15.8. The molecule has 1 aliphatic carbocycles. The van der Waals surface area contributed by atoms with Gasteiger partial charge in [0, 0.05) is 43.5 Å². The largest absolute Gasteiger partial charge is 0.460 e. The van der Waals surface area contributed by atoms with Crippen LogP contribution in [0.15, 0.2) is 12.1 Å². The zero-order valence-corrected chi connectivity index (χ0v) is 21.3. The van der Waals surface area contributed by atoms with Gasteiger partial charge in [-0.05, 0) is 69.7 Å². The zero-order valence-electron chi connectivity index (χ0n) is 21.3. The topological polar surface area (TPSA) is 67.9 Å². The van der Waals surface area contributed by atoms with E-state index in [-0.39, 0.29) is 11.9 Å². The van der Waals surface area contributed by atoms with Crippen molar-refractivity contribution in [1.29, 1.82) is 0 Å². The highest BCUT2D eigenvalue weighted by atomic mass is 16.6. The first-order chi connectivity index (χ1) is 15.5. The van der Waals surface area contributed by atoms with Gasteiger partial charge in [-0.3, -0.25) is 9.59 Å². The number of esters is 1. The molecular weight excluding hydrogens is 416 g/mol. The average molecular weight is 459 g/mol. The highest BCUT2D eigenvalue weighted by Crippen LogP contribution is 2.22. The van der Waals surface area contributed by atoms with Crippen LogP contribution < -0.4 is 15.8 Å². The summed E-state index contributed by atoms with van der Waals surface area (Å²) in [5, 5.41) is 4.80. The molecule has 1 unspecified atom stereocenters. The predicted molar refractivity (Wildman–Crippen MR) is 133 cm³/mol. The molecule has 1 fully saturated rings. The number of carbonyl (C=O) groups is 2. The SMILES string of the molecule is C=c1ccc(C(=O)NCCOC2CC2)c(C)/c1=C/N(C)CC(CC)CCC(=O)OC(C)(C)C. The van der Waals surface area contributed by atoms with E-state index in [2.05, 4.69) is 29.9 Å². The third-order valence-corrected chi connectivity index (χ3v) is 5.77. The van der Waals surface area contributed by atoms with Gasteiger partial charge in [-0.2, -0.15) is 0 Å². The summed E-state index contributed by atoms with van der Waals surface area (Å²) in [6, 6.07) is 3.73. The maximum absolute atomic E-state index is 12.7. The van der Waals surface area contributed by atoms with E-state index < -0.39 is 5.60 Å². The Morgan fingerprint density at radius 1 is 1.30 bits per heavy atom. The van der Waals surface area contributed by atoms with Crippen molar-refractivity contribution in [3.05, 3.63) is 33.7 Å². The summed E-state index contributed by atoms with van der Waals surface area (Å²) < 4.78 is 11.0. The molecule has 1 atom stereocenters. The number of nitrogens with one attached hydrogen (secondary N) is 1. The third-order valence-electron chi connectivity index (χ3n) is 5.77. The summed E-state index contributed by atoms with van der Waals surface area (Å²) in [7, 11) is 2.02. The fourth-order valence-electron chi connectivity index (χ4n) is 3.75. The number of nitrogens with zero attached hydrogens (tertiary/aromatic N) is 1. The Labute approximate surface area is 199 Å². The number of rotatable bonds is 12. The highest BCUT2D eigenvalue weighted by molar-refractivity contribution is 5.95. The van der Waals surface area contributed by atoms with Gasteiger partial charge in [-0.1, -0.05) is 26.0 Å². The van der Waals surface area contributed by atoms with Crippen LogP contribution in [-0.4, -0.2) is 55.2 Å². The van der Waals surface area contributed by atoms with Crippen molar-refractivity contribution in [3.8, 4) is 0 Å². The van der Waals surface area contributed by atoms with Crippen molar-refractivity contribution in [2.45, 2.75) is 78.4 Å². The minimum Gasteiger partial charge on any atom is -0.460 e. The molecular formula is C27H42N2O4. The van der Waals surface area contributed by atoms with Crippen LogP contribution in [-0.2, 0) is 14.3 Å². The Kier molecular flexibility index (Phi) is 9.96. The average Bonchev–Trinajstić information content (AvgIpc) is 3.54. The van der Waals surface area contributed by atoms with Crippen LogP contribution in [0.25, 0.3) is 12.8 Å². The van der Waals surface area contributed by atoms with Crippen LogP contribution in [0.4, 0.5) is 0 Å². The first-order valence-electron chi connectivity index (χ1n) is 12.1. The molecule has 0 bridgehead atoms. The summed E-state index contributed by atoms with van der Waals surface area (Å²) in [6.07, 6.45) is 6.88. The van der Waals surface area contributed by atoms with E-state index in [4.69, 9.17) is 9.47 Å². The van der Waals surface area contributed by atoms with E-state index in [0.29, 0.717) is 37.2 Å². The lowest BCUT2D eigenvalue weighted by atomic mass is 9.99. The molecule has 6 heteroatoms. The second-order valence-electron chi connectivity index (χ2n) is 10.1. The van der Waals surface area contributed by atoms with Crippen molar-refractivity contribution >= 4 is 24.7 Å². The molecule has 1 amide bonds. The van der Waals surface area contributed by atoms with Crippen molar-refractivity contribution in [1.82, 2.24) is 10.2 Å². The maximum atomic E-state index is 12.7. The normalized spacial score (nSPS) is 15.3. The van der Waals surface area contributed by atoms with Gasteiger partial charge < -0.3 is 19.7 Å². The summed E-state index contributed by atoms with van der Waals surface area (Å²) in [5.74, 6) is 0.128. The molecule has 0 aliphatic heterocycles. The second-order valence-corrected chi connectivity index (χ2v) is 10.1. The summed E-state index contributed by atoms with van der Waals surface area (Å²) >= 11 is 0. The van der Waals surface area contributed by atoms with Gasteiger partial charge in [0.05, 0.1) is 12.7 Å². The molecule has 0 aromatic heterocycles. The Morgan fingerprint density at radius 3 is 2.61 bits per heavy atom. The van der Waals surface area contributed by atoms with E-state index in [0.717, 1.165) is 48.2 Å². The van der Waals surface area contributed by atoms with Crippen LogP contribution in [0, 0.1) is 12.8 Å². The fraction of sp³-hybridized carbons (Fsp3) is 0.630. The molecule has 6 nitrogen and oxygen atoms in total. The van der Waals surface area contributed by atoms with E-state index in [1.165, 1.54) is 0 Å². The molecule has 0 heterocycles. The van der Waals surface area contributed by atoms with Crippen molar-refractivity contribution in [2.75, 3.05) is 26.7 Å². The lowest BCUT2D eigenvalue weighted by Gasteiger charge is -2.23. The molecule has 0 radical (unpaired) electrons. The molecule has 1 saturated carbocycles. The number of hydrogen-bond donors (Lipinski definition) is 1. The first kappa shape index (κ1) is 26.9. The smallest absolute Gasteiger partial charge is 0.306 e. The predicted octanol–water partition coefficient (Wildman–Crippen LogP) is 3.13. The van der Waals surface area contributed by atoms with Gasteiger partial charge >= 0.3 is 5.97 Å². The first-order valence-corrected chi connectivity index (χ1v) is 12.1. The van der Waals surface area contributed by atoms with Crippen molar-refractivity contribution in [3.63, 3.8) is 0 Å². The molecule has 2 rings (SSSR count). The van der Waals surface area contributed by atoms with Crippen LogP contribution in [0.1, 0.15) is 75.7 Å². The van der Waals surface area contributed by atoms with Gasteiger partial charge in [0.2, 0.25) is 0 Å². The van der Waals surface area contributed by atoms with Crippen molar-refractivity contribution < 1.29 is 19.1 Å². The number of carbonyl (C=O) groups excluding carboxylic acids is 2. The van der Waals surface area contributed by atoms with Crippen LogP contribution in [0.2, 0.25) is 0 Å². The molecule has 1 aliphatic rings. The lowest BCUT2D eigenvalue weighted by Crippen LogP contribution is -2.35. The van der Waals surface area contributed by atoms with Gasteiger partial charge in [-0.25, -0.2) is 0 Å². The molecule has 0 spiro atoms. The molecule has 33 heavy (non-hydrogen) atoms. The van der Waals surface area contributed by atoms with Gasteiger partial charge in [0.25, 0.3) is 5.91 Å². The van der Waals surface area contributed by atoms with Gasteiger partial charge in [-0.15, -0.1) is 0 Å². The Balaban J connectivity index is 2.00. The summed E-state index contributed by atoms with van der Waals surface area (Å²) in [5.41, 5.74) is 1.12. The van der Waals surface area contributed by atoms with Crippen molar-refractivity contribution in [2.24, 2.45) is 5.92 Å². The second kappa shape index (κ2) is 12.2. The number of hydrogen-bond acceptors (Lipinski definition) is 5. The standard InChI is InChI=1S/C27H42N2O4/c1-8-21(10-14-25(30)33-27(4,5)6)17-29(7)18-24-19(2)9-13-23(20(24)3)26(31)28-15-16-32-22-11-12-22/h9,13,18,21-22H,2,8,10-12,14-17H2,1,3-7H3,(H,28,31)/b24-18+. The molecule has 184 valence electrons.